The number of nitrogens with one attached hydrogen (secondary N) is 1. The van der Waals surface area contributed by atoms with Gasteiger partial charge >= 0.3 is 0 Å². The summed E-state index contributed by atoms with van der Waals surface area (Å²) in [5.41, 5.74) is 7.79. The minimum absolute atomic E-state index is 0.463. The molecule has 1 aromatic carbocycles. The lowest BCUT2D eigenvalue weighted by molar-refractivity contribution is 0.487. The average molecular weight is 243 g/mol. The monoisotopic (exact) mass is 243 g/mol. The first-order valence-electron chi connectivity index (χ1n) is 5.66. The number of oxazole rings is 1. The summed E-state index contributed by atoms with van der Waals surface area (Å²) in [5.74, 6) is 1.73. The first kappa shape index (κ1) is 10.7. The van der Waals surface area contributed by atoms with Crippen LogP contribution in [0.3, 0.4) is 0 Å². The molecule has 2 heterocycles. The third-order valence-corrected chi connectivity index (χ3v) is 2.62. The smallest absolute Gasteiger partial charge is 0.296 e. The summed E-state index contributed by atoms with van der Waals surface area (Å²) in [6, 6.07) is 9.68. The van der Waals surface area contributed by atoms with Crippen LogP contribution in [0.15, 0.2) is 39.2 Å². The van der Waals surface area contributed by atoms with Crippen LogP contribution < -0.4 is 11.1 Å². The largest absolute Gasteiger partial charge is 0.465 e. The lowest BCUT2D eigenvalue weighted by Crippen LogP contribution is -1.97. The van der Waals surface area contributed by atoms with Crippen molar-refractivity contribution in [1.29, 1.82) is 0 Å². The van der Waals surface area contributed by atoms with Gasteiger partial charge in [-0.3, -0.25) is 0 Å². The van der Waals surface area contributed by atoms with Crippen molar-refractivity contribution in [1.82, 2.24) is 4.98 Å². The van der Waals surface area contributed by atoms with Crippen LogP contribution in [0.25, 0.3) is 11.1 Å². The van der Waals surface area contributed by atoms with Crippen LogP contribution in [0.4, 0.5) is 11.7 Å². The minimum atomic E-state index is 0.463. The van der Waals surface area contributed by atoms with E-state index in [0.717, 1.165) is 17.0 Å². The molecule has 0 aliphatic heterocycles. The molecule has 0 radical (unpaired) electrons. The number of hydrogen-bond acceptors (Lipinski definition) is 5. The summed E-state index contributed by atoms with van der Waals surface area (Å²) in [6.07, 6.45) is 0. The molecule has 3 rings (SSSR count). The zero-order valence-corrected chi connectivity index (χ0v) is 9.93. The van der Waals surface area contributed by atoms with Gasteiger partial charge < -0.3 is 19.9 Å². The van der Waals surface area contributed by atoms with Crippen molar-refractivity contribution in [2.45, 2.75) is 13.5 Å². The molecule has 0 spiro atoms. The van der Waals surface area contributed by atoms with Crippen LogP contribution in [-0.2, 0) is 6.54 Å². The van der Waals surface area contributed by atoms with Gasteiger partial charge in [-0.05, 0) is 31.2 Å². The summed E-state index contributed by atoms with van der Waals surface area (Å²) in [5, 5.41) is 3.07. The topological polar surface area (TPSA) is 77.2 Å². The fraction of sp³-hybridized carbons (Fsp3) is 0.154. The van der Waals surface area contributed by atoms with Crippen LogP contribution in [-0.4, -0.2) is 4.98 Å². The van der Waals surface area contributed by atoms with E-state index in [4.69, 9.17) is 14.6 Å². The number of nitrogen functional groups attached to an aromatic ring is 1. The van der Waals surface area contributed by atoms with Crippen LogP contribution in [0, 0.1) is 6.92 Å². The average Bonchev–Trinajstić information content (AvgIpc) is 2.92. The van der Waals surface area contributed by atoms with Gasteiger partial charge in [0, 0.05) is 11.8 Å². The Bertz CT molecular complexity index is 684. The maximum Gasteiger partial charge on any atom is 0.296 e. The summed E-state index contributed by atoms with van der Waals surface area (Å²) >= 11 is 0. The highest BCUT2D eigenvalue weighted by Gasteiger charge is 2.06. The van der Waals surface area contributed by atoms with E-state index in [-0.39, 0.29) is 0 Å². The quantitative estimate of drug-likeness (QED) is 0.691. The Labute approximate surface area is 104 Å². The molecule has 0 amide bonds. The number of nitrogens with zero attached hydrogens (tertiary/aromatic N) is 1. The highest BCUT2D eigenvalue weighted by molar-refractivity contribution is 5.78. The molecule has 92 valence electrons. The molecule has 0 fully saturated rings. The van der Waals surface area contributed by atoms with Gasteiger partial charge in [0.05, 0.1) is 6.54 Å². The third-order valence-electron chi connectivity index (χ3n) is 2.62. The molecule has 18 heavy (non-hydrogen) atoms. The molecule has 0 aliphatic carbocycles. The number of aryl methyl sites for hydroxylation is 1. The molecule has 3 aromatic rings. The molecule has 0 saturated carbocycles. The highest BCUT2D eigenvalue weighted by Crippen LogP contribution is 2.21. The Kier molecular flexibility index (Phi) is 2.44. The van der Waals surface area contributed by atoms with E-state index in [1.807, 2.05) is 25.1 Å². The van der Waals surface area contributed by atoms with Crippen molar-refractivity contribution in [2.24, 2.45) is 0 Å². The minimum Gasteiger partial charge on any atom is -0.465 e. The van der Waals surface area contributed by atoms with Crippen LogP contribution in [0.5, 0.6) is 0 Å². The fourth-order valence-electron chi connectivity index (χ4n) is 1.76. The Morgan fingerprint density at radius 2 is 2.11 bits per heavy atom. The summed E-state index contributed by atoms with van der Waals surface area (Å²) < 4.78 is 11.0. The first-order valence-corrected chi connectivity index (χ1v) is 5.66. The van der Waals surface area contributed by atoms with Crippen molar-refractivity contribution in [3.05, 3.63) is 41.9 Å². The second-order valence-electron chi connectivity index (χ2n) is 4.11. The fourth-order valence-corrected chi connectivity index (χ4v) is 1.76. The van der Waals surface area contributed by atoms with E-state index in [1.165, 1.54) is 0 Å². The van der Waals surface area contributed by atoms with Crippen molar-refractivity contribution in [2.75, 3.05) is 11.1 Å². The zero-order chi connectivity index (χ0) is 12.5. The van der Waals surface area contributed by atoms with Gasteiger partial charge in [0.1, 0.15) is 17.0 Å². The maximum absolute atomic E-state index is 5.68. The first-order chi connectivity index (χ1) is 8.70. The molecular weight excluding hydrogens is 230 g/mol. The van der Waals surface area contributed by atoms with Crippen LogP contribution in [0.2, 0.25) is 0 Å². The Hall–Kier alpha value is -2.43. The molecule has 0 bridgehead atoms. The van der Waals surface area contributed by atoms with E-state index < -0.39 is 0 Å². The Morgan fingerprint density at radius 1 is 1.22 bits per heavy atom. The number of fused-ring (bicyclic) bond motifs is 1. The molecule has 0 atom stereocenters. The lowest BCUT2D eigenvalue weighted by atomic mass is 10.3. The zero-order valence-electron chi connectivity index (χ0n) is 9.93. The number of rotatable bonds is 3. The molecule has 2 aromatic heterocycles. The summed E-state index contributed by atoms with van der Waals surface area (Å²) in [7, 11) is 0. The second kappa shape index (κ2) is 4.10. The highest BCUT2D eigenvalue weighted by atomic mass is 16.4. The van der Waals surface area contributed by atoms with Crippen LogP contribution >= 0.6 is 0 Å². The summed E-state index contributed by atoms with van der Waals surface area (Å²) in [6.45, 7) is 2.45. The van der Waals surface area contributed by atoms with Gasteiger partial charge in [0.15, 0.2) is 5.58 Å². The van der Waals surface area contributed by atoms with Crippen molar-refractivity contribution < 1.29 is 8.83 Å². The Morgan fingerprint density at radius 3 is 2.89 bits per heavy atom. The van der Waals surface area contributed by atoms with Gasteiger partial charge in [0.25, 0.3) is 6.01 Å². The molecule has 0 aliphatic rings. The van der Waals surface area contributed by atoms with Gasteiger partial charge in [-0.25, -0.2) is 0 Å². The van der Waals surface area contributed by atoms with Crippen LogP contribution in [0.1, 0.15) is 11.5 Å². The number of aromatic nitrogens is 1. The van der Waals surface area contributed by atoms with E-state index in [9.17, 15) is 0 Å². The molecule has 0 unspecified atom stereocenters. The predicted octanol–water partition coefficient (Wildman–Crippen LogP) is 2.92. The van der Waals surface area contributed by atoms with Gasteiger partial charge in [-0.1, -0.05) is 0 Å². The predicted molar refractivity (Wildman–Crippen MR) is 69.2 cm³/mol. The molecule has 5 heteroatoms. The maximum atomic E-state index is 5.68. The number of hydrogen-bond donors (Lipinski definition) is 2. The standard InChI is InChI=1S/C13H13N3O2/c1-8-2-4-10(17-8)7-15-13-16-11-5-3-9(14)6-12(11)18-13/h2-6H,7,14H2,1H3,(H,15,16). The van der Waals surface area contributed by atoms with Gasteiger partial charge in [-0.15, -0.1) is 0 Å². The third kappa shape index (κ3) is 2.02. The van der Waals surface area contributed by atoms with Crippen molar-refractivity contribution in [3.8, 4) is 0 Å². The van der Waals surface area contributed by atoms with Gasteiger partial charge in [0.2, 0.25) is 0 Å². The number of furan rings is 1. The van der Waals surface area contributed by atoms with Crippen molar-refractivity contribution in [3.63, 3.8) is 0 Å². The normalized spacial score (nSPS) is 10.9. The molecular formula is C13H13N3O2. The Balaban J connectivity index is 1.78. The number of anilines is 2. The number of nitrogens with two attached hydrogens (primary N) is 1. The van der Waals surface area contributed by atoms with E-state index in [2.05, 4.69) is 10.3 Å². The molecule has 5 nitrogen and oxygen atoms in total. The van der Waals surface area contributed by atoms with E-state index >= 15 is 0 Å². The second-order valence-corrected chi connectivity index (χ2v) is 4.11. The lowest BCUT2D eigenvalue weighted by Gasteiger charge is -1.97. The van der Waals surface area contributed by atoms with E-state index in [0.29, 0.717) is 23.8 Å². The summed E-state index contributed by atoms with van der Waals surface area (Å²) in [4.78, 5) is 4.30. The van der Waals surface area contributed by atoms with Gasteiger partial charge in [-0.2, -0.15) is 4.98 Å². The van der Waals surface area contributed by atoms with E-state index in [1.54, 1.807) is 12.1 Å². The van der Waals surface area contributed by atoms with Crippen molar-refractivity contribution >= 4 is 22.8 Å². The number of benzene rings is 1. The molecule has 0 saturated heterocycles. The molecule has 3 N–H and O–H groups in total. The SMILES string of the molecule is Cc1ccc(CNc2nc3ccc(N)cc3o2)o1.